The molecule has 1 aromatic carbocycles. The average molecular weight is 397 g/mol. The van der Waals surface area contributed by atoms with Crippen molar-refractivity contribution < 1.29 is 27.9 Å². The van der Waals surface area contributed by atoms with Crippen LogP contribution in [0, 0.1) is 11.7 Å². The number of ether oxygens (including phenoxy) is 1. The van der Waals surface area contributed by atoms with Crippen molar-refractivity contribution in [1.82, 2.24) is 5.32 Å². The van der Waals surface area contributed by atoms with E-state index in [9.17, 15) is 18.8 Å². The highest BCUT2D eigenvalue weighted by Crippen LogP contribution is 2.46. The van der Waals surface area contributed by atoms with E-state index in [0.717, 1.165) is 0 Å². The Hall–Kier alpha value is -3.22. The Bertz CT molecular complexity index is 994. The zero-order valence-corrected chi connectivity index (χ0v) is 15.8. The van der Waals surface area contributed by atoms with Crippen molar-refractivity contribution in [3.05, 3.63) is 71.1 Å². The lowest BCUT2D eigenvalue weighted by Gasteiger charge is -2.37. The third-order valence-corrected chi connectivity index (χ3v) is 5.46. The normalized spacial score (nSPS) is 24.1. The summed E-state index contributed by atoms with van der Waals surface area (Å²) in [7, 11) is 0. The van der Waals surface area contributed by atoms with Gasteiger partial charge in [-0.1, -0.05) is 18.2 Å². The van der Waals surface area contributed by atoms with Crippen LogP contribution in [-0.2, 0) is 19.1 Å². The van der Waals surface area contributed by atoms with E-state index in [4.69, 9.17) is 9.15 Å². The molecule has 7 heteroatoms. The van der Waals surface area contributed by atoms with Gasteiger partial charge in [0.15, 0.2) is 5.78 Å². The Morgan fingerprint density at radius 2 is 2.00 bits per heavy atom. The highest BCUT2D eigenvalue weighted by Gasteiger charge is 2.48. The minimum Gasteiger partial charge on any atom is -0.469 e. The molecule has 0 bridgehead atoms. The second-order valence-electron chi connectivity index (χ2n) is 7.14. The minimum absolute atomic E-state index is 0.0630. The van der Waals surface area contributed by atoms with Crippen LogP contribution in [0.4, 0.5) is 4.39 Å². The van der Waals surface area contributed by atoms with Crippen LogP contribution in [0.3, 0.4) is 0 Å². The molecular weight excluding hydrogens is 377 g/mol. The highest BCUT2D eigenvalue weighted by atomic mass is 19.1. The molecule has 1 aromatic heterocycles. The van der Waals surface area contributed by atoms with Crippen LogP contribution in [-0.4, -0.2) is 24.3 Å². The minimum atomic E-state index is -1.11. The molecule has 1 aliphatic heterocycles. The fourth-order valence-corrected chi connectivity index (χ4v) is 4.25. The molecule has 1 amide bonds. The summed E-state index contributed by atoms with van der Waals surface area (Å²) in [5, 5.41) is 2.75. The van der Waals surface area contributed by atoms with Gasteiger partial charge in [-0.25, -0.2) is 4.39 Å². The molecule has 0 fully saturated rings. The average Bonchev–Trinajstić information content (AvgIpc) is 3.22. The molecule has 0 unspecified atom stereocenters. The number of halogens is 1. The van der Waals surface area contributed by atoms with Crippen molar-refractivity contribution >= 4 is 17.7 Å². The number of Topliss-reactive ketones (excluding diaryl/α,β-unsaturated/α-hetero) is 1. The van der Waals surface area contributed by atoms with Crippen molar-refractivity contribution in [1.29, 1.82) is 0 Å². The van der Waals surface area contributed by atoms with Gasteiger partial charge < -0.3 is 14.5 Å². The van der Waals surface area contributed by atoms with Gasteiger partial charge in [-0.15, -0.1) is 0 Å². The Labute approximate surface area is 166 Å². The number of esters is 1. The van der Waals surface area contributed by atoms with Crippen molar-refractivity contribution in [2.75, 3.05) is 6.61 Å². The van der Waals surface area contributed by atoms with Crippen molar-refractivity contribution in [3.8, 4) is 0 Å². The summed E-state index contributed by atoms with van der Waals surface area (Å²) in [5.41, 5.74) is 0.958. The van der Waals surface area contributed by atoms with Crippen molar-refractivity contribution in [2.24, 2.45) is 5.92 Å². The van der Waals surface area contributed by atoms with Gasteiger partial charge in [0.25, 0.3) is 0 Å². The lowest BCUT2D eigenvalue weighted by atomic mass is 9.69. The Morgan fingerprint density at radius 3 is 2.69 bits per heavy atom. The van der Waals surface area contributed by atoms with Gasteiger partial charge in [-0.05, 0) is 37.1 Å². The molecule has 1 N–H and O–H groups in total. The molecule has 0 spiro atoms. The summed E-state index contributed by atoms with van der Waals surface area (Å²) < 4.78 is 25.1. The summed E-state index contributed by atoms with van der Waals surface area (Å²) in [6.07, 6.45) is 1.62. The first kappa shape index (κ1) is 19.1. The van der Waals surface area contributed by atoms with Crippen LogP contribution < -0.4 is 5.32 Å². The van der Waals surface area contributed by atoms with Gasteiger partial charge in [-0.3, -0.25) is 14.4 Å². The molecule has 29 heavy (non-hydrogen) atoms. The molecular formula is C22H20FNO5. The van der Waals surface area contributed by atoms with Gasteiger partial charge in [0, 0.05) is 29.5 Å². The Balaban J connectivity index is 1.83. The maximum Gasteiger partial charge on any atom is 0.317 e. The number of amides is 1. The van der Waals surface area contributed by atoms with E-state index < -0.39 is 35.3 Å². The number of nitrogens with one attached hydrogen (secondary N) is 1. The van der Waals surface area contributed by atoms with E-state index in [1.165, 1.54) is 12.3 Å². The molecule has 3 atom stereocenters. The van der Waals surface area contributed by atoms with Gasteiger partial charge in [0.2, 0.25) is 5.91 Å². The number of rotatable bonds is 4. The first-order chi connectivity index (χ1) is 14.0. The van der Waals surface area contributed by atoms with Gasteiger partial charge in [-0.2, -0.15) is 0 Å². The molecule has 0 saturated carbocycles. The SMILES string of the molecule is CCOC(=O)[C@@H]1C(=O)C2=C(C[C@@H]1c1ccco1)NC(=O)C[C@@H]2c1ccccc1F. The van der Waals surface area contributed by atoms with E-state index >= 15 is 0 Å². The lowest BCUT2D eigenvalue weighted by Crippen LogP contribution is -2.44. The standard InChI is InChI=1S/C22H20FNO5/c1-2-28-22(27)20-14(17-8-5-9-29-17)10-16-19(21(20)26)13(11-18(25)24-16)12-6-3-4-7-15(12)23/h3-9,13-14,20H,2,10-11H2,1H3,(H,24,25)/t13-,14-,20+/m1/s1. The van der Waals surface area contributed by atoms with Crippen LogP contribution in [0.1, 0.15) is 42.9 Å². The highest BCUT2D eigenvalue weighted by molar-refractivity contribution is 6.12. The molecule has 1 aliphatic carbocycles. The van der Waals surface area contributed by atoms with E-state index in [2.05, 4.69) is 5.32 Å². The third-order valence-electron chi connectivity index (χ3n) is 5.46. The van der Waals surface area contributed by atoms with Crippen LogP contribution in [0.5, 0.6) is 0 Å². The summed E-state index contributed by atoms with van der Waals surface area (Å²) >= 11 is 0. The second kappa shape index (κ2) is 7.66. The van der Waals surface area contributed by atoms with Gasteiger partial charge >= 0.3 is 5.97 Å². The largest absolute Gasteiger partial charge is 0.469 e. The number of benzene rings is 1. The predicted octanol–water partition coefficient (Wildman–Crippen LogP) is 3.21. The molecule has 0 radical (unpaired) electrons. The van der Waals surface area contributed by atoms with E-state index in [-0.39, 0.29) is 36.5 Å². The van der Waals surface area contributed by atoms with Gasteiger partial charge in [0.1, 0.15) is 17.5 Å². The quantitative estimate of drug-likeness (QED) is 0.633. The summed E-state index contributed by atoms with van der Waals surface area (Å²) in [6, 6.07) is 9.43. The number of hydrogen-bond acceptors (Lipinski definition) is 5. The van der Waals surface area contributed by atoms with Crippen LogP contribution in [0.2, 0.25) is 0 Å². The molecule has 2 aliphatic rings. The Kier molecular flexibility index (Phi) is 5.05. The summed E-state index contributed by atoms with van der Waals surface area (Å²) in [5.74, 6) is -3.88. The zero-order chi connectivity index (χ0) is 20.5. The number of allylic oxidation sites excluding steroid dienone is 2. The first-order valence-electron chi connectivity index (χ1n) is 9.52. The summed E-state index contributed by atoms with van der Waals surface area (Å²) in [6.45, 7) is 1.80. The van der Waals surface area contributed by atoms with Crippen LogP contribution >= 0.6 is 0 Å². The van der Waals surface area contributed by atoms with E-state index in [1.54, 1.807) is 37.3 Å². The van der Waals surface area contributed by atoms with Crippen molar-refractivity contribution in [3.63, 3.8) is 0 Å². The van der Waals surface area contributed by atoms with E-state index in [1.807, 2.05) is 0 Å². The summed E-state index contributed by atoms with van der Waals surface area (Å²) in [4.78, 5) is 38.5. The van der Waals surface area contributed by atoms with Crippen LogP contribution in [0.25, 0.3) is 0 Å². The van der Waals surface area contributed by atoms with Crippen LogP contribution in [0.15, 0.2) is 58.3 Å². The third kappa shape index (κ3) is 3.37. The number of ketones is 1. The molecule has 4 rings (SSSR count). The molecule has 6 nitrogen and oxygen atoms in total. The van der Waals surface area contributed by atoms with E-state index in [0.29, 0.717) is 11.5 Å². The number of carbonyl (C=O) groups is 3. The number of hydrogen-bond donors (Lipinski definition) is 1. The van der Waals surface area contributed by atoms with Gasteiger partial charge in [0.05, 0.1) is 12.9 Å². The maximum absolute atomic E-state index is 14.5. The predicted molar refractivity (Wildman–Crippen MR) is 100 cm³/mol. The smallest absolute Gasteiger partial charge is 0.317 e. The number of carbonyl (C=O) groups excluding carboxylic acids is 3. The van der Waals surface area contributed by atoms with Crippen molar-refractivity contribution in [2.45, 2.75) is 31.6 Å². The fraction of sp³-hybridized carbons (Fsp3) is 0.318. The number of furan rings is 1. The molecule has 2 heterocycles. The maximum atomic E-state index is 14.5. The molecule has 150 valence electrons. The zero-order valence-electron chi connectivity index (χ0n) is 15.8. The fourth-order valence-electron chi connectivity index (χ4n) is 4.25. The monoisotopic (exact) mass is 397 g/mol. The Morgan fingerprint density at radius 1 is 1.21 bits per heavy atom. The lowest BCUT2D eigenvalue weighted by molar-refractivity contribution is -0.152. The second-order valence-corrected chi connectivity index (χ2v) is 7.14. The topological polar surface area (TPSA) is 85.6 Å². The molecule has 0 saturated heterocycles. The first-order valence-corrected chi connectivity index (χ1v) is 9.52. The molecule has 2 aromatic rings.